The molecule has 2 atom stereocenters. The Morgan fingerprint density at radius 2 is 1.21 bits per heavy atom. The second-order valence-electron chi connectivity index (χ2n) is 11.5. The lowest BCUT2D eigenvalue weighted by molar-refractivity contribution is -0.0448. The van der Waals surface area contributed by atoms with Crippen LogP contribution in [0.4, 0.5) is 4.79 Å². The number of rotatable bonds is 5. The van der Waals surface area contributed by atoms with Crippen LogP contribution in [0.15, 0.2) is 48.5 Å². The third kappa shape index (κ3) is 5.20. The molecule has 4 aromatic rings. The lowest BCUT2D eigenvalue weighted by Crippen LogP contribution is -2.55. The minimum atomic E-state index is -0.524. The van der Waals surface area contributed by atoms with Gasteiger partial charge in [0.1, 0.15) is 29.0 Å². The Balaban J connectivity index is 1.41. The van der Waals surface area contributed by atoms with Gasteiger partial charge < -0.3 is 9.64 Å². The standard InChI is InChI=1S/C28H37N9O2/c1-28(2,3)39-27(38)35-19-17-34(18-20-35)26(37-24-14-8-6-12-22(24)30-32-37)25(33-15-9-4-10-16-33)36-23-13-7-5-11-21(23)29-31-36/h5-8,11-14,25-26H,4,9-10,15-20H2,1-3H3. The van der Waals surface area contributed by atoms with Gasteiger partial charge in [0.05, 0.1) is 11.0 Å². The number of likely N-dealkylation sites (tertiary alicyclic amines) is 1. The highest BCUT2D eigenvalue weighted by molar-refractivity contribution is 5.75. The molecule has 2 unspecified atom stereocenters. The van der Waals surface area contributed by atoms with Gasteiger partial charge in [-0.2, -0.15) is 0 Å². The Hall–Kier alpha value is -3.57. The maximum Gasteiger partial charge on any atom is 0.410 e. The number of amides is 1. The van der Waals surface area contributed by atoms with E-state index in [0.29, 0.717) is 26.2 Å². The lowest BCUT2D eigenvalue weighted by Gasteiger charge is -2.45. The molecule has 0 aliphatic carbocycles. The molecule has 1 amide bonds. The highest BCUT2D eigenvalue weighted by Crippen LogP contribution is 2.36. The van der Waals surface area contributed by atoms with Crippen LogP contribution in [-0.4, -0.2) is 95.7 Å². The van der Waals surface area contributed by atoms with Crippen LogP contribution >= 0.6 is 0 Å². The Morgan fingerprint density at radius 1 is 0.718 bits per heavy atom. The van der Waals surface area contributed by atoms with Crippen molar-refractivity contribution in [1.82, 2.24) is 44.7 Å². The Morgan fingerprint density at radius 3 is 1.72 bits per heavy atom. The molecule has 11 nitrogen and oxygen atoms in total. The minimum absolute atomic E-state index is 0.157. The Kier molecular flexibility index (Phi) is 6.94. The summed E-state index contributed by atoms with van der Waals surface area (Å²) in [4.78, 5) is 19.6. The van der Waals surface area contributed by atoms with Crippen molar-refractivity contribution in [2.24, 2.45) is 0 Å². The first-order valence-electron chi connectivity index (χ1n) is 13.9. The molecule has 6 rings (SSSR count). The molecule has 39 heavy (non-hydrogen) atoms. The third-order valence-corrected chi connectivity index (χ3v) is 7.63. The number of hydrogen-bond donors (Lipinski definition) is 0. The Labute approximate surface area is 228 Å². The molecule has 2 aromatic carbocycles. The Bertz CT molecular complexity index is 1430. The summed E-state index contributed by atoms with van der Waals surface area (Å²) in [6.07, 6.45) is 2.88. The lowest BCUT2D eigenvalue weighted by atomic mass is 10.1. The zero-order chi connectivity index (χ0) is 27.0. The van der Waals surface area contributed by atoms with E-state index < -0.39 is 5.60 Å². The average Bonchev–Trinajstić information content (AvgIpc) is 3.56. The van der Waals surface area contributed by atoms with Crippen molar-refractivity contribution < 1.29 is 9.53 Å². The first-order valence-corrected chi connectivity index (χ1v) is 13.9. The van der Waals surface area contributed by atoms with E-state index in [4.69, 9.17) is 15.2 Å². The maximum atomic E-state index is 12.8. The molecule has 0 bridgehead atoms. The maximum absolute atomic E-state index is 12.8. The van der Waals surface area contributed by atoms with Crippen LogP contribution in [0.5, 0.6) is 0 Å². The quantitative estimate of drug-likeness (QED) is 0.382. The molecule has 2 saturated heterocycles. The van der Waals surface area contributed by atoms with Crippen LogP contribution in [0.1, 0.15) is 52.4 Å². The summed E-state index contributed by atoms with van der Waals surface area (Å²) in [5.41, 5.74) is 3.18. The first kappa shape index (κ1) is 25.7. The smallest absolute Gasteiger partial charge is 0.410 e. The molecule has 2 aliphatic rings. The zero-order valence-electron chi connectivity index (χ0n) is 23.0. The molecule has 4 heterocycles. The van der Waals surface area contributed by atoms with Crippen LogP contribution in [0.2, 0.25) is 0 Å². The van der Waals surface area contributed by atoms with Gasteiger partial charge in [-0.25, -0.2) is 14.2 Å². The monoisotopic (exact) mass is 531 g/mol. The van der Waals surface area contributed by atoms with Crippen molar-refractivity contribution in [2.75, 3.05) is 39.3 Å². The predicted octanol–water partition coefficient (Wildman–Crippen LogP) is 3.91. The molecule has 0 N–H and O–H groups in total. The van der Waals surface area contributed by atoms with Crippen LogP contribution in [0.3, 0.4) is 0 Å². The summed E-state index contributed by atoms with van der Waals surface area (Å²) >= 11 is 0. The molecule has 206 valence electrons. The molecule has 2 aromatic heterocycles. The van der Waals surface area contributed by atoms with E-state index in [1.807, 2.05) is 61.9 Å². The van der Waals surface area contributed by atoms with Gasteiger partial charge in [0.25, 0.3) is 0 Å². The second-order valence-corrected chi connectivity index (χ2v) is 11.5. The summed E-state index contributed by atoms with van der Waals surface area (Å²) < 4.78 is 9.78. The fourth-order valence-corrected chi connectivity index (χ4v) is 5.78. The normalized spacial score (nSPS) is 19.4. The van der Waals surface area contributed by atoms with E-state index in [1.54, 1.807) is 4.90 Å². The summed E-state index contributed by atoms with van der Waals surface area (Å²) in [5.74, 6) is 0. The van der Waals surface area contributed by atoms with E-state index in [1.165, 1.54) is 6.42 Å². The number of aromatic nitrogens is 6. The van der Waals surface area contributed by atoms with Crippen molar-refractivity contribution in [3.05, 3.63) is 48.5 Å². The fourth-order valence-electron chi connectivity index (χ4n) is 5.78. The van der Waals surface area contributed by atoms with Crippen LogP contribution in [0.25, 0.3) is 22.1 Å². The number of nitrogens with zero attached hydrogens (tertiary/aromatic N) is 9. The zero-order valence-corrected chi connectivity index (χ0v) is 23.0. The van der Waals surface area contributed by atoms with Gasteiger partial charge >= 0.3 is 6.09 Å². The SMILES string of the molecule is CC(C)(C)OC(=O)N1CCN(C(C(N2CCCCC2)n2nnc3ccccc32)n2nnc3ccccc32)CC1. The van der Waals surface area contributed by atoms with E-state index >= 15 is 0 Å². The highest BCUT2D eigenvalue weighted by Gasteiger charge is 2.40. The molecular formula is C28H37N9O2. The minimum Gasteiger partial charge on any atom is -0.444 e. The molecule has 0 radical (unpaired) electrons. The van der Waals surface area contributed by atoms with E-state index in [2.05, 4.69) is 36.8 Å². The highest BCUT2D eigenvalue weighted by atomic mass is 16.6. The van der Waals surface area contributed by atoms with Gasteiger partial charge in [-0.1, -0.05) is 41.1 Å². The average molecular weight is 532 g/mol. The number of hydrogen-bond acceptors (Lipinski definition) is 8. The molecule has 2 fully saturated rings. The van der Waals surface area contributed by atoms with Crippen molar-refractivity contribution in [3.63, 3.8) is 0 Å². The van der Waals surface area contributed by atoms with Gasteiger partial charge in [0, 0.05) is 39.3 Å². The van der Waals surface area contributed by atoms with Crippen molar-refractivity contribution in [3.8, 4) is 0 Å². The number of fused-ring (bicyclic) bond motifs is 2. The molecule has 0 spiro atoms. The second kappa shape index (κ2) is 10.5. The summed E-state index contributed by atoms with van der Waals surface area (Å²) in [5, 5.41) is 18.5. The molecule has 2 aliphatic heterocycles. The summed E-state index contributed by atoms with van der Waals surface area (Å²) in [7, 11) is 0. The number of piperazine rings is 1. The van der Waals surface area contributed by atoms with Gasteiger partial charge in [0.15, 0.2) is 0 Å². The number of carbonyl (C=O) groups is 1. The van der Waals surface area contributed by atoms with Gasteiger partial charge in [-0.15, -0.1) is 10.2 Å². The van der Waals surface area contributed by atoms with Crippen LogP contribution in [-0.2, 0) is 4.74 Å². The van der Waals surface area contributed by atoms with Crippen molar-refractivity contribution >= 4 is 28.2 Å². The largest absolute Gasteiger partial charge is 0.444 e. The number of para-hydroxylation sites is 2. The topological polar surface area (TPSA) is 97.4 Å². The number of ether oxygens (including phenoxy) is 1. The van der Waals surface area contributed by atoms with Gasteiger partial charge in [-0.3, -0.25) is 9.80 Å². The van der Waals surface area contributed by atoms with Gasteiger partial charge in [0.2, 0.25) is 0 Å². The van der Waals surface area contributed by atoms with Crippen molar-refractivity contribution in [2.45, 2.75) is 58.0 Å². The van der Waals surface area contributed by atoms with E-state index in [-0.39, 0.29) is 18.4 Å². The molecule has 11 heteroatoms. The third-order valence-electron chi connectivity index (χ3n) is 7.63. The summed E-state index contributed by atoms with van der Waals surface area (Å²) in [6.45, 7) is 10.1. The van der Waals surface area contributed by atoms with E-state index in [9.17, 15) is 4.79 Å². The van der Waals surface area contributed by atoms with Crippen molar-refractivity contribution in [1.29, 1.82) is 0 Å². The number of piperidine rings is 1. The molecular weight excluding hydrogens is 494 g/mol. The molecule has 0 saturated carbocycles. The van der Waals surface area contributed by atoms with E-state index in [0.717, 1.165) is 48.0 Å². The number of carbonyl (C=O) groups excluding carboxylic acids is 1. The van der Waals surface area contributed by atoms with Crippen LogP contribution in [0, 0.1) is 0 Å². The number of benzene rings is 2. The van der Waals surface area contributed by atoms with Gasteiger partial charge in [-0.05, 0) is 57.9 Å². The fraction of sp³-hybridized carbons (Fsp3) is 0.536. The first-order chi connectivity index (χ1) is 18.9. The predicted molar refractivity (Wildman–Crippen MR) is 148 cm³/mol. The van der Waals surface area contributed by atoms with Crippen LogP contribution < -0.4 is 0 Å². The summed E-state index contributed by atoms with van der Waals surface area (Å²) in [6, 6.07) is 16.2.